The fourth-order valence-electron chi connectivity index (χ4n) is 4.27. The summed E-state index contributed by atoms with van der Waals surface area (Å²) in [5.41, 5.74) is 2.25. The van der Waals surface area contributed by atoms with Gasteiger partial charge in [0.25, 0.3) is 0 Å². The fourth-order valence-corrected chi connectivity index (χ4v) is 6.93. The minimum absolute atomic E-state index is 0.0120. The number of anilines is 1. The summed E-state index contributed by atoms with van der Waals surface area (Å²) in [5.74, 6) is -2.18. The van der Waals surface area contributed by atoms with Gasteiger partial charge in [-0.1, -0.05) is 49.4 Å². The number of amides is 3. The van der Waals surface area contributed by atoms with E-state index in [1.807, 2.05) is 30.3 Å². The Morgan fingerprint density at radius 3 is 2.47 bits per heavy atom. The van der Waals surface area contributed by atoms with Crippen LogP contribution in [0, 0.1) is 5.82 Å². The molecule has 0 bridgehead atoms. The third kappa shape index (κ3) is 7.54. The number of halogens is 1. The van der Waals surface area contributed by atoms with E-state index in [0.29, 0.717) is 16.0 Å². The quantitative estimate of drug-likeness (QED) is 0.219. The molecule has 1 aliphatic rings. The van der Waals surface area contributed by atoms with Crippen molar-refractivity contribution in [3.63, 3.8) is 0 Å². The zero-order valence-electron chi connectivity index (χ0n) is 23.1. The number of hydrogen-bond donors (Lipinski definition) is 3. The highest BCUT2D eigenvalue weighted by Crippen LogP contribution is 2.35. The van der Waals surface area contributed by atoms with Gasteiger partial charge < -0.3 is 15.4 Å². The van der Waals surface area contributed by atoms with Gasteiger partial charge in [-0.25, -0.2) is 22.6 Å². The van der Waals surface area contributed by atoms with Crippen molar-refractivity contribution < 1.29 is 31.9 Å². The summed E-state index contributed by atoms with van der Waals surface area (Å²) < 4.78 is 46.7. The summed E-state index contributed by atoms with van der Waals surface area (Å²) in [6.45, 7) is 1.18. The van der Waals surface area contributed by atoms with Crippen LogP contribution in [0.4, 0.5) is 14.9 Å². The Kier molecular flexibility index (Phi) is 9.02. The third-order valence-electron chi connectivity index (χ3n) is 6.74. The average Bonchev–Trinajstić information content (AvgIpc) is 3.72. The van der Waals surface area contributed by atoms with Gasteiger partial charge >= 0.3 is 6.09 Å². The van der Waals surface area contributed by atoms with E-state index >= 15 is 4.39 Å². The van der Waals surface area contributed by atoms with Crippen LogP contribution in [0.5, 0.6) is 0 Å². The van der Waals surface area contributed by atoms with E-state index in [4.69, 9.17) is 4.74 Å². The molecule has 1 unspecified atom stereocenters. The molecule has 3 N–H and O–H groups in total. The van der Waals surface area contributed by atoms with Crippen LogP contribution in [-0.2, 0) is 30.8 Å². The number of aromatic nitrogens is 1. The first kappa shape index (κ1) is 30.1. The second-order valence-electron chi connectivity index (χ2n) is 10.0. The summed E-state index contributed by atoms with van der Waals surface area (Å²) in [6, 6.07) is 18.5. The molecular weight excluding hydrogens is 595 g/mol. The molecule has 1 heterocycles. The summed E-state index contributed by atoms with van der Waals surface area (Å²) in [5, 5.41) is 6.11. The van der Waals surface area contributed by atoms with Crippen molar-refractivity contribution in [2.45, 2.75) is 37.7 Å². The van der Waals surface area contributed by atoms with Crippen LogP contribution in [-0.4, -0.2) is 49.6 Å². The molecule has 43 heavy (non-hydrogen) atoms. The van der Waals surface area contributed by atoms with Crippen molar-refractivity contribution in [1.29, 1.82) is 0 Å². The molecule has 10 nitrogen and oxygen atoms in total. The first-order valence-corrected chi connectivity index (χ1v) is 16.1. The molecule has 1 aromatic heterocycles. The van der Waals surface area contributed by atoms with Gasteiger partial charge in [0, 0.05) is 29.1 Å². The van der Waals surface area contributed by atoms with E-state index < -0.39 is 38.8 Å². The predicted octanol–water partition coefficient (Wildman–Crippen LogP) is 4.72. The first-order valence-electron chi connectivity index (χ1n) is 13.6. The van der Waals surface area contributed by atoms with Crippen LogP contribution in [0.15, 0.2) is 66.7 Å². The Balaban J connectivity index is 1.31. The van der Waals surface area contributed by atoms with E-state index in [-0.39, 0.29) is 41.0 Å². The lowest BCUT2D eigenvalue weighted by molar-refractivity contribution is -0.126. The van der Waals surface area contributed by atoms with E-state index in [1.165, 1.54) is 13.0 Å². The minimum Gasteiger partial charge on any atom is -0.444 e. The Bertz CT molecular complexity index is 1760. The fraction of sp³-hybridized carbons (Fsp3) is 0.267. The number of hydrogen-bond acceptors (Lipinski definition) is 8. The summed E-state index contributed by atoms with van der Waals surface area (Å²) >= 11 is 0.972. The van der Waals surface area contributed by atoms with Gasteiger partial charge in [-0.15, -0.1) is 11.3 Å². The summed E-state index contributed by atoms with van der Waals surface area (Å²) in [6.07, 6.45) is 1.12. The number of ether oxygens (including phenoxy) is 1. The normalized spacial score (nSPS) is 13.7. The highest BCUT2D eigenvalue weighted by Gasteiger charge is 2.36. The molecule has 1 aliphatic carbocycles. The van der Waals surface area contributed by atoms with Crippen LogP contribution < -0.4 is 16.0 Å². The monoisotopic (exact) mass is 624 g/mol. The van der Waals surface area contributed by atoms with Gasteiger partial charge in [-0.3, -0.25) is 14.9 Å². The molecule has 3 aromatic carbocycles. The zero-order chi connectivity index (χ0) is 30.6. The maximum Gasteiger partial charge on any atom is 0.411 e. The molecule has 5 rings (SSSR count). The molecule has 13 heteroatoms. The van der Waals surface area contributed by atoms with E-state index in [9.17, 15) is 22.8 Å². The highest BCUT2D eigenvalue weighted by molar-refractivity contribution is 7.92. The van der Waals surface area contributed by atoms with E-state index in [2.05, 4.69) is 20.9 Å². The lowest BCUT2D eigenvalue weighted by atomic mass is 10.0. The smallest absolute Gasteiger partial charge is 0.411 e. The lowest BCUT2D eigenvalue weighted by Gasteiger charge is -2.14. The molecule has 0 saturated heterocycles. The van der Waals surface area contributed by atoms with Crippen molar-refractivity contribution in [2.24, 2.45) is 0 Å². The summed E-state index contributed by atoms with van der Waals surface area (Å²) in [4.78, 5) is 41.5. The van der Waals surface area contributed by atoms with E-state index in [1.54, 1.807) is 30.3 Å². The van der Waals surface area contributed by atoms with Gasteiger partial charge in [-0.05, 0) is 42.2 Å². The topological polar surface area (TPSA) is 144 Å². The summed E-state index contributed by atoms with van der Waals surface area (Å²) in [7, 11) is -3.96. The molecule has 224 valence electrons. The van der Waals surface area contributed by atoms with Crippen LogP contribution in [0.1, 0.15) is 35.6 Å². The van der Waals surface area contributed by atoms with Gasteiger partial charge in [0.05, 0.1) is 16.8 Å². The Morgan fingerprint density at radius 1 is 1.07 bits per heavy atom. The van der Waals surface area contributed by atoms with Gasteiger partial charge in [0.15, 0.2) is 15.1 Å². The molecule has 4 aromatic rings. The van der Waals surface area contributed by atoms with Gasteiger partial charge in [0.1, 0.15) is 17.4 Å². The molecule has 1 atom stereocenters. The number of benzene rings is 3. The first-order chi connectivity index (χ1) is 20.6. The maximum atomic E-state index is 15.2. The molecule has 0 spiro atoms. The zero-order valence-corrected chi connectivity index (χ0v) is 24.8. The largest absolute Gasteiger partial charge is 0.444 e. The number of carbonyl (C=O) groups excluding carboxylic acids is 3. The van der Waals surface area contributed by atoms with Crippen LogP contribution >= 0.6 is 11.3 Å². The van der Waals surface area contributed by atoms with Crippen molar-refractivity contribution in [2.75, 3.05) is 17.6 Å². The number of sulfone groups is 1. The average molecular weight is 625 g/mol. The minimum atomic E-state index is -3.96. The predicted molar refractivity (Wildman–Crippen MR) is 162 cm³/mol. The number of fused-ring (bicyclic) bond motifs is 1. The number of thiazole rings is 1. The number of carbonyl (C=O) groups is 3. The number of rotatable bonds is 11. The van der Waals surface area contributed by atoms with Crippen molar-refractivity contribution in [3.05, 3.63) is 83.1 Å². The Labute approximate surface area is 251 Å². The maximum absolute atomic E-state index is 15.2. The molecule has 3 amide bonds. The molecule has 0 radical (unpaired) electrons. The number of nitrogens with zero attached hydrogens (tertiary/aromatic N) is 1. The van der Waals surface area contributed by atoms with Crippen LogP contribution in [0.3, 0.4) is 0 Å². The highest BCUT2D eigenvalue weighted by atomic mass is 32.2. The second-order valence-corrected chi connectivity index (χ2v) is 13.4. The Hall–Kier alpha value is -4.36. The second kappa shape index (κ2) is 12.9. The van der Waals surface area contributed by atoms with Crippen LogP contribution in [0.25, 0.3) is 21.3 Å². The SMILES string of the molecule is CCS(=O)(=O)C(C(=O)NCC(=O)NC1CC1)c1nc2cc(F)c(-c3ccc(NC(=O)OCc4ccccc4)cc3)cc2s1. The molecular formula is C30H29FN4O6S2. The Morgan fingerprint density at radius 2 is 1.79 bits per heavy atom. The third-order valence-corrected chi connectivity index (χ3v) is 9.93. The lowest BCUT2D eigenvalue weighted by Crippen LogP contribution is -2.41. The van der Waals surface area contributed by atoms with Gasteiger partial charge in [0.2, 0.25) is 11.8 Å². The van der Waals surface area contributed by atoms with E-state index in [0.717, 1.165) is 29.7 Å². The standard InChI is InChI=1S/C30H29FN4O6S2/c1-2-43(39,40)27(28(37)32-16-26(36)33-20-12-13-20)29-35-24-15-23(31)22(14-25(24)42-29)19-8-10-21(11-9-19)34-30(38)41-17-18-6-4-3-5-7-18/h3-11,14-15,20,27H,2,12-13,16-17H2,1H3,(H,32,37)(H,33,36)(H,34,38). The van der Waals surface area contributed by atoms with Gasteiger partial charge in [-0.2, -0.15) is 0 Å². The number of nitrogens with one attached hydrogen (secondary N) is 3. The van der Waals surface area contributed by atoms with Crippen molar-refractivity contribution in [1.82, 2.24) is 15.6 Å². The molecule has 1 fully saturated rings. The molecule has 1 saturated carbocycles. The van der Waals surface area contributed by atoms with Crippen molar-refractivity contribution >= 4 is 55.0 Å². The molecule has 0 aliphatic heterocycles. The van der Waals surface area contributed by atoms with Crippen molar-refractivity contribution in [3.8, 4) is 11.1 Å². The van der Waals surface area contributed by atoms with Crippen LogP contribution in [0.2, 0.25) is 0 Å².